The SMILES string of the molecule is CN/C=C1\NC=C(COC)N=C1OC. The van der Waals surface area contributed by atoms with Crippen LogP contribution in [0.2, 0.25) is 0 Å². The molecule has 1 rings (SSSR count). The predicted octanol–water partition coefficient (Wildman–Crippen LogP) is 0.183. The smallest absolute Gasteiger partial charge is 0.239 e. The monoisotopic (exact) mass is 197 g/mol. The Morgan fingerprint density at radius 3 is 2.93 bits per heavy atom. The summed E-state index contributed by atoms with van der Waals surface area (Å²) in [7, 11) is 5.03. The normalized spacial score (nSPS) is 18.4. The zero-order chi connectivity index (χ0) is 10.4. The van der Waals surface area contributed by atoms with Gasteiger partial charge in [-0.15, -0.1) is 0 Å². The first-order valence-corrected chi connectivity index (χ1v) is 4.26. The molecule has 0 fully saturated rings. The number of methoxy groups -OCH3 is 2. The van der Waals surface area contributed by atoms with E-state index in [1.807, 2.05) is 7.05 Å². The molecule has 1 aliphatic rings. The summed E-state index contributed by atoms with van der Waals surface area (Å²) in [4.78, 5) is 4.25. The molecule has 2 N–H and O–H groups in total. The number of nitrogens with one attached hydrogen (secondary N) is 2. The Balaban J connectivity index is 2.77. The Morgan fingerprint density at radius 1 is 1.57 bits per heavy atom. The van der Waals surface area contributed by atoms with Crippen LogP contribution in [0.25, 0.3) is 0 Å². The first-order valence-electron chi connectivity index (χ1n) is 4.26. The van der Waals surface area contributed by atoms with E-state index >= 15 is 0 Å². The molecule has 0 radical (unpaired) electrons. The number of ether oxygens (including phenoxy) is 2. The second-order valence-corrected chi connectivity index (χ2v) is 2.68. The van der Waals surface area contributed by atoms with Crippen molar-refractivity contribution in [2.45, 2.75) is 0 Å². The highest BCUT2D eigenvalue weighted by Crippen LogP contribution is 2.08. The molecule has 5 heteroatoms. The Morgan fingerprint density at radius 2 is 2.36 bits per heavy atom. The lowest BCUT2D eigenvalue weighted by atomic mass is 10.3. The van der Waals surface area contributed by atoms with Gasteiger partial charge in [0.15, 0.2) is 0 Å². The Kier molecular flexibility index (Phi) is 4.00. The first-order chi connectivity index (χ1) is 6.81. The van der Waals surface area contributed by atoms with Crippen LogP contribution in [0.1, 0.15) is 0 Å². The first kappa shape index (κ1) is 10.6. The van der Waals surface area contributed by atoms with E-state index in [0.717, 1.165) is 11.4 Å². The van der Waals surface area contributed by atoms with Crippen LogP contribution in [0.15, 0.2) is 28.8 Å². The number of hydrogen-bond donors (Lipinski definition) is 2. The summed E-state index contributed by atoms with van der Waals surface area (Å²) in [5.41, 5.74) is 1.60. The summed E-state index contributed by atoms with van der Waals surface area (Å²) < 4.78 is 10.1. The maximum atomic E-state index is 5.12. The highest BCUT2D eigenvalue weighted by molar-refractivity contribution is 5.94. The van der Waals surface area contributed by atoms with E-state index in [4.69, 9.17) is 9.47 Å². The van der Waals surface area contributed by atoms with E-state index in [2.05, 4.69) is 15.6 Å². The number of rotatable bonds is 3. The van der Waals surface area contributed by atoms with E-state index in [1.165, 1.54) is 0 Å². The largest absolute Gasteiger partial charge is 0.479 e. The van der Waals surface area contributed by atoms with Gasteiger partial charge in [-0.05, 0) is 0 Å². The second kappa shape index (κ2) is 5.29. The van der Waals surface area contributed by atoms with E-state index in [1.54, 1.807) is 26.6 Å². The lowest BCUT2D eigenvalue weighted by molar-refractivity contribution is 0.223. The van der Waals surface area contributed by atoms with Crippen molar-refractivity contribution >= 4 is 5.90 Å². The minimum Gasteiger partial charge on any atom is -0.479 e. The highest BCUT2D eigenvalue weighted by Gasteiger charge is 2.12. The molecule has 0 amide bonds. The molecule has 0 spiro atoms. The quantitative estimate of drug-likeness (QED) is 0.678. The van der Waals surface area contributed by atoms with Crippen molar-refractivity contribution in [2.75, 3.05) is 27.9 Å². The summed E-state index contributed by atoms with van der Waals surface area (Å²) >= 11 is 0. The predicted molar refractivity (Wildman–Crippen MR) is 54.7 cm³/mol. The summed E-state index contributed by atoms with van der Waals surface area (Å²) in [6.07, 6.45) is 3.57. The average Bonchev–Trinajstić information content (AvgIpc) is 2.21. The van der Waals surface area contributed by atoms with Gasteiger partial charge in [0.2, 0.25) is 5.90 Å². The third-order valence-electron chi connectivity index (χ3n) is 1.64. The highest BCUT2D eigenvalue weighted by atomic mass is 16.5. The van der Waals surface area contributed by atoms with Crippen LogP contribution in [-0.2, 0) is 9.47 Å². The van der Waals surface area contributed by atoms with Crippen LogP contribution in [0.5, 0.6) is 0 Å². The van der Waals surface area contributed by atoms with Crippen LogP contribution in [0.4, 0.5) is 0 Å². The molecule has 0 aliphatic carbocycles. The molecular weight excluding hydrogens is 182 g/mol. The minimum absolute atomic E-state index is 0.465. The maximum absolute atomic E-state index is 5.12. The molecule has 5 nitrogen and oxygen atoms in total. The summed E-state index contributed by atoms with van der Waals surface area (Å²) in [6.45, 7) is 0.465. The molecular formula is C9H15N3O2. The van der Waals surface area contributed by atoms with Crippen molar-refractivity contribution in [3.8, 4) is 0 Å². The molecule has 0 saturated heterocycles. The number of aliphatic imine (C=N–C) groups is 1. The van der Waals surface area contributed by atoms with Gasteiger partial charge in [0.05, 0.1) is 19.4 Å². The fourth-order valence-corrected chi connectivity index (χ4v) is 1.07. The van der Waals surface area contributed by atoms with Gasteiger partial charge in [-0.3, -0.25) is 0 Å². The lowest BCUT2D eigenvalue weighted by Gasteiger charge is -2.15. The average molecular weight is 197 g/mol. The molecule has 78 valence electrons. The van der Waals surface area contributed by atoms with Gasteiger partial charge >= 0.3 is 0 Å². The third kappa shape index (κ3) is 2.50. The van der Waals surface area contributed by atoms with Crippen LogP contribution in [0.3, 0.4) is 0 Å². The van der Waals surface area contributed by atoms with Gasteiger partial charge in [0, 0.05) is 26.6 Å². The summed E-state index contributed by atoms with van der Waals surface area (Å²) in [5, 5.41) is 5.96. The zero-order valence-electron chi connectivity index (χ0n) is 8.63. The summed E-state index contributed by atoms with van der Waals surface area (Å²) in [6, 6.07) is 0. The van der Waals surface area contributed by atoms with E-state index < -0.39 is 0 Å². The molecule has 1 aliphatic heterocycles. The topological polar surface area (TPSA) is 54.9 Å². The van der Waals surface area contributed by atoms with Gasteiger partial charge in [-0.25, -0.2) is 4.99 Å². The Labute approximate surface area is 83.5 Å². The molecule has 0 aromatic heterocycles. The molecule has 0 bridgehead atoms. The van der Waals surface area contributed by atoms with Crippen LogP contribution in [-0.4, -0.2) is 33.8 Å². The van der Waals surface area contributed by atoms with Crippen LogP contribution >= 0.6 is 0 Å². The lowest BCUT2D eigenvalue weighted by Crippen LogP contribution is -2.24. The maximum Gasteiger partial charge on any atom is 0.239 e. The fraction of sp³-hybridized carbons (Fsp3) is 0.444. The van der Waals surface area contributed by atoms with Crippen molar-refractivity contribution in [1.29, 1.82) is 0 Å². The van der Waals surface area contributed by atoms with Crippen LogP contribution in [0, 0.1) is 0 Å². The fourth-order valence-electron chi connectivity index (χ4n) is 1.07. The van der Waals surface area contributed by atoms with E-state index in [0.29, 0.717) is 12.5 Å². The minimum atomic E-state index is 0.465. The molecule has 0 atom stereocenters. The van der Waals surface area contributed by atoms with Crippen molar-refractivity contribution in [1.82, 2.24) is 10.6 Å². The van der Waals surface area contributed by atoms with Crippen molar-refractivity contribution in [2.24, 2.45) is 4.99 Å². The van der Waals surface area contributed by atoms with Crippen molar-refractivity contribution in [3.63, 3.8) is 0 Å². The molecule has 0 aromatic rings. The molecule has 0 unspecified atom stereocenters. The van der Waals surface area contributed by atoms with Crippen molar-refractivity contribution in [3.05, 3.63) is 23.8 Å². The molecule has 1 heterocycles. The van der Waals surface area contributed by atoms with Crippen molar-refractivity contribution < 1.29 is 9.47 Å². The summed E-state index contributed by atoms with van der Waals surface area (Å²) in [5.74, 6) is 0.550. The van der Waals surface area contributed by atoms with Gasteiger partial charge in [0.1, 0.15) is 5.70 Å². The number of nitrogens with zero attached hydrogens (tertiary/aromatic N) is 1. The molecule has 0 aromatic carbocycles. The van der Waals surface area contributed by atoms with Gasteiger partial charge < -0.3 is 20.1 Å². The second-order valence-electron chi connectivity index (χ2n) is 2.68. The Bertz CT molecular complexity index is 282. The van der Waals surface area contributed by atoms with Gasteiger partial charge in [-0.2, -0.15) is 0 Å². The Hall–Kier alpha value is -1.49. The zero-order valence-corrected chi connectivity index (χ0v) is 8.63. The van der Waals surface area contributed by atoms with Gasteiger partial charge in [0.25, 0.3) is 0 Å². The standard InChI is InChI=1S/C9H15N3O2/c1-10-5-8-9(14-3)12-7(4-11-8)6-13-2/h4-5,10-11H,6H2,1-3H3/b8-5-. The van der Waals surface area contributed by atoms with E-state index in [9.17, 15) is 0 Å². The number of hydrogen-bond acceptors (Lipinski definition) is 5. The molecule has 14 heavy (non-hydrogen) atoms. The molecule has 0 saturated carbocycles. The van der Waals surface area contributed by atoms with Crippen LogP contribution < -0.4 is 10.6 Å². The third-order valence-corrected chi connectivity index (χ3v) is 1.64. The van der Waals surface area contributed by atoms with E-state index in [-0.39, 0.29) is 0 Å². The van der Waals surface area contributed by atoms with Gasteiger partial charge in [-0.1, -0.05) is 0 Å².